The number of rotatable bonds is 4. The van der Waals surface area contributed by atoms with Crippen molar-refractivity contribution in [2.24, 2.45) is 11.1 Å². The molecule has 0 unspecified atom stereocenters. The Kier molecular flexibility index (Phi) is 4.19. The van der Waals surface area contributed by atoms with Gasteiger partial charge >= 0.3 is 11.7 Å². The summed E-state index contributed by atoms with van der Waals surface area (Å²) in [6.45, 7) is 3.03. The molecule has 0 saturated carbocycles. The molecule has 1 atom stereocenters. The molecule has 8 nitrogen and oxygen atoms in total. The van der Waals surface area contributed by atoms with Gasteiger partial charge in [0, 0.05) is 12.1 Å². The molecular weight excluding hydrogens is 268 g/mol. The number of nitro groups is 1. The van der Waals surface area contributed by atoms with Crippen LogP contribution in [0.25, 0.3) is 0 Å². The van der Waals surface area contributed by atoms with Crippen molar-refractivity contribution >= 4 is 11.7 Å². The minimum absolute atomic E-state index is 0.141. The fourth-order valence-corrected chi connectivity index (χ4v) is 1.75. The molecule has 0 radical (unpaired) electrons. The zero-order valence-corrected chi connectivity index (χ0v) is 11.3. The molecule has 20 heavy (non-hydrogen) atoms. The average Bonchev–Trinajstić information content (AvgIpc) is 2.39. The maximum atomic E-state index is 11.7. The molecule has 1 aromatic rings. The summed E-state index contributed by atoms with van der Waals surface area (Å²) >= 11 is 0. The van der Waals surface area contributed by atoms with E-state index >= 15 is 0 Å². The third kappa shape index (κ3) is 2.64. The average molecular weight is 284 g/mol. The van der Waals surface area contributed by atoms with E-state index in [1.54, 1.807) is 0 Å². The number of aromatic hydroxyl groups is 2. The van der Waals surface area contributed by atoms with Gasteiger partial charge in [-0.1, -0.05) is 0 Å². The van der Waals surface area contributed by atoms with Crippen molar-refractivity contribution in [2.45, 2.75) is 19.9 Å². The van der Waals surface area contributed by atoms with Crippen molar-refractivity contribution in [2.75, 3.05) is 7.11 Å². The van der Waals surface area contributed by atoms with Gasteiger partial charge in [0.15, 0.2) is 5.75 Å². The Morgan fingerprint density at radius 3 is 2.45 bits per heavy atom. The van der Waals surface area contributed by atoms with Crippen molar-refractivity contribution in [1.82, 2.24) is 0 Å². The molecule has 0 saturated heterocycles. The van der Waals surface area contributed by atoms with Crippen LogP contribution in [0.15, 0.2) is 12.1 Å². The van der Waals surface area contributed by atoms with E-state index in [0.29, 0.717) is 0 Å². The van der Waals surface area contributed by atoms with Gasteiger partial charge in [0.1, 0.15) is 0 Å². The monoisotopic (exact) mass is 284 g/mol. The Hall–Kier alpha value is -2.35. The van der Waals surface area contributed by atoms with Crippen molar-refractivity contribution in [3.05, 3.63) is 27.8 Å². The SMILES string of the molecule is COC(=O)C(C)(C)[C@H](N)c1cc(O)c(O)c([N+](=O)[O-])c1. The van der Waals surface area contributed by atoms with Crippen molar-refractivity contribution in [3.8, 4) is 11.5 Å². The number of esters is 1. The fraction of sp³-hybridized carbons (Fsp3) is 0.417. The molecule has 0 aliphatic heterocycles. The number of hydrogen-bond donors (Lipinski definition) is 3. The Bertz CT molecular complexity index is 555. The number of phenols is 2. The second kappa shape index (κ2) is 5.33. The highest BCUT2D eigenvalue weighted by Gasteiger charge is 2.38. The minimum Gasteiger partial charge on any atom is -0.504 e. The first-order chi connectivity index (χ1) is 9.12. The number of benzene rings is 1. The first-order valence-electron chi connectivity index (χ1n) is 5.67. The summed E-state index contributed by atoms with van der Waals surface area (Å²) in [5.74, 6) is -2.12. The molecular formula is C12H16N2O6. The van der Waals surface area contributed by atoms with Crippen LogP contribution in [-0.2, 0) is 9.53 Å². The molecule has 0 heterocycles. The molecule has 110 valence electrons. The van der Waals surface area contributed by atoms with Gasteiger partial charge in [-0.25, -0.2) is 0 Å². The lowest BCUT2D eigenvalue weighted by atomic mass is 9.81. The maximum absolute atomic E-state index is 11.7. The Balaban J connectivity index is 3.34. The molecule has 0 spiro atoms. The fourth-order valence-electron chi connectivity index (χ4n) is 1.75. The Morgan fingerprint density at radius 2 is 2.00 bits per heavy atom. The van der Waals surface area contributed by atoms with Crippen LogP contribution in [0, 0.1) is 15.5 Å². The van der Waals surface area contributed by atoms with Gasteiger partial charge in [0.05, 0.1) is 17.4 Å². The Labute approximate surface area is 114 Å². The summed E-state index contributed by atoms with van der Waals surface area (Å²) in [6.07, 6.45) is 0. The molecule has 0 fully saturated rings. The predicted octanol–water partition coefficient (Wildman–Crippen LogP) is 1.20. The molecule has 4 N–H and O–H groups in total. The second-order valence-electron chi connectivity index (χ2n) is 4.86. The third-order valence-electron chi connectivity index (χ3n) is 3.14. The Morgan fingerprint density at radius 1 is 1.45 bits per heavy atom. The van der Waals surface area contributed by atoms with Crippen LogP contribution in [0.1, 0.15) is 25.5 Å². The van der Waals surface area contributed by atoms with E-state index in [-0.39, 0.29) is 5.56 Å². The lowest BCUT2D eigenvalue weighted by Crippen LogP contribution is -2.37. The number of nitro benzene ring substituents is 1. The normalized spacial score (nSPS) is 12.8. The van der Waals surface area contributed by atoms with E-state index in [2.05, 4.69) is 4.74 Å². The van der Waals surface area contributed by atoms with Crippen molar-refractivity contribution in [1.29, 1.82) is 0 Å². The summed E-state index contributed by atoms with van der Waals surface area (Å²) in [5, 5.41) is 29.7. The highest BCUT2D eigenvalue weighted by molar-refractivity contribution is 5.77. The highest BCUT2D eigenvalue weighted by Crippen LogP contribution is 2.41. The van der Waals surface area contributed by atoms with E-state index in [4.69, 9.17) is 5.73 Å². The zero-order valence-electron chi connectivity index (χ0n) is 11.3. The van der Waals surface area contributed by atoms with Crippen molar-refractivity contribution in [3.63, 3.8) is 0 Å². The van der Waals surface area contributed by atoms with Gasteiger partial charge in [-0.3, -0.25) is 14.9 Å². The van der Waals surface area contributed by atoms with E-state index in [1.807, 2.05) is 0 Å². The largest absolute Gasteiger partial charge is 0.504 e. The number of hydrogen-bond acceptors (Lipinski definition) is 7. The molecule has 0 aliphatic carbocycles. The topological polar surface area (TPSA) is 136 Å². The predicted molar refractivity (Wildman–Crippen MR) is 69.2 cm³/mol. The van der Waals surface area contributed by atoms with Crippen LogP contribution >= 0.6 is 0 Å². The number of nitrogens with two attached hydrogens (primary N) is 1. The summed E-state index contributed by atoms with van der Waals surface area (Å²) < 4.78 is 4.62. The zero-order chi connectivity index (χ0) is 15.7. The van der Waals surface area contributed by atoms with Gasteiger partial charge in [-0.05, 0) is 25.5 Å². The summed E-state index contributed by atoms with van der Waals surface area (Å²) in [4.78, 5) is 21.6. The van der Waals surface area contributed by atoms with Crippen LogP contribution in [0.4, 0.5) is 5.69 Å². The molecule has 8 heteroatoms. The molecule has 1 aromatic carbocycles. The van der Waals surface area contributed by atoms with Gasteiger partial charge < -0.3 is 20.7 Å². The van der Waals surface area contributed by atoms with Crippen LogP contribution in [0.5, 0.6) is 11.5 Å². The molecule has 1 rings (SSSR count). The summed E-state index contributed by atoms with van der Waals surface area (Å²) in [5.41, 5.74) is 4.22. The second-order valence-corrected chi connectivity index (χ2v) is 4.86. The number of nitrogens with zero attached hydrogens (tertiary/aromatic N) is 1. The van der Waals surface area contributed by atoms with E-state index in [9.17, 15) is 25.1 Å². The smallest absolute Gasteiger partial charge is 0.314 e. The van der Waals surface area contributed by atoms with Crippen LogP contribution < -0.4 is 5.73 Å². The third-order valence-corrected chi connectivity index (χ3v) is 3.14. The quantitative estimate of drug-likeness (QED) is 0.327. The van der Waals surface area contributed by atoms with Gasteiger partial charge in [0.25, 0.3) is 0 Å². The first-order valence-corrected chi connectivity index (χ1v) is 5.67. The maximum Gasteiger partial charge on any atom is 0.314 e. The number of phenolic OH excluding ortho intramolecular Hbond substituents is 2. The number of carbonyl (C=O) groups excluding carboxylic acids is 1. The molecule has 0 amide bonds. The van der Waals surface area contributed by atoms with Crippen LogP contribution in [-0.4, -0.2) is 28.2 Å². The number of ether oxygens (including phenoxy) is 1. The summed E-state index contributed by atoms with van der Waals surface area (Å²) in [7, 11) is 1.20. The highest BCUT2D eigenvalue weighted by atomic mass is 16.6. The van der Waals surface area contributed by atoms with E-state index < -0.39 is 39.5 Å². The first kappa shape index (κ1) is 15.7. The summed E-state index contributed by atoms with van der Waals surface area (Å²) in [6, 6.07) is 1.14. The standard InChI is InChI=1S/C12H16N2O6/c1-12(2,11(17)20-3)10(13)6-4-7(14(18)19)9(16)8(15)5-6/h4-5,10,15-16H,13H2,1-3H3/t10-/m1/s1. The van der Waals surface area contributed by atoms with Crippen molar-refractivity contribution < 1.29 is 24.7 Å². The van der Waals surface area contributed by atoms with Gasteiger partial charge in [0.2, 0.25) is 5.75 Å². The number of methoxy groups -OCH3 is 1. The lowest BCUT2D eigenvalue weighted by molar-refractivity contribution is -0.386. The van der Waals surface area contributed by atoms with E-state index in [0.717, 1.165) is 12.1 Å². The molecule has 0 aromatic heterocycles. The van der Waals surface area contributed by atoms with E-state index in [1.165, 1.54) is 21.0 Å². The van der Waals surface area contributed by atoms with Crippen LogP contribution in [0.2, 0.25) is 0 Å². The molecule has 0 bridgehead atoms. The lowest BCUT2D eigenvalue weighted by Gasteiger charge is -2.28. The molecule has 0 aliphatic rings. The van der Waals surface area contributed by atoms with Crippen LogP contribution in [0.3, 0.4) is 0 Å². The van der Waals surface area contributed by atoms with Gasteiger partial charge in [-0.2, -0.15) is 0 Å². The van der Waals surface area contributed by atoms with Gasteiger partial charge in [-0.15, -0.1) is 0 Å². The number of carbonyl (C=O) groups is 1. The minimum atomic E-state index is -1.16.